The fourth-order valence-electron chi connectivity index (χ4n) is 8.65. The van der Waals surface area contributed by atoms with Gasteiger partial charge < -0.3 is 60.7 Å². The average molecular weight is 1130 g/mol. The highest BCUT2D eigenvalue weighted by Gasteiger charge is 2.35. The third-order valence-electron chi connectivity index (χ3n) is 13.0. The quantitative estimate of drug-likeness (QED) is 0.0260. The van der Waals surface area contributed by atoms with Gasteiger partial charge in [0.2, 0.25) is 24.1 Å². The lowest BCUT2D eigenvalue weighted by molar-refractivity contribution is -0.157. The number of rotatable bonds is 21. The number of unbranched alkanes of at least 4 members (excludes halogenated alkanes) is 2. The van der Waals surface area contributed by atoms with Crippen molar-refractivity contribution in [2.24, 2.45) is 11.7 Å². The predicted molar refractivity (Wildman–Crippen MR) is 301 cm³/mol. The third kappa shape index (κ3) is 17.7. The molecule has 2 aromatic heterocycles. The van der Waals surface area contributed by atoms with Gasteiger partial charge in [0.15, 0.2) is 6.10 Å². The van der Waals surface area contributed by atoms with E-state index in [2.05, 4.69) is 33.9 Å². The van der Waals surface area contributed by atoms with Gasteiger partial charge in [-0.1, -0.05) is 60.1 Å². The first-order valence-electron chi connectivity index (χ1n) is 26.9. The summed E-state index contributed by atoms with van der Waals surface area (Å²) in [7, 11) is 5.03. The van der Waals surface area contributed by atoms with Gasteiger partial charge in [-0.05, 0) is 92.7 Å². The zero-order valence-corrected chi connectivity index (χ0v) is 47.6. The zero-order chi connectivity index (χ0) is 59.9. The fraction of sp³-hybridized carbons (Fsp3) is 0.456. The number of pyridine rings is 2. The average Bonchev–Trinajstić information content (AvgIpc) is 4.11. The Labute approximate surface area is 470 Å². The van der Waals surface area contributed by atoms with Crippen LogP contribution in [-0.4, -0.2) is 143 Å². The summed E-state index contributed by atoms with van der Waals surface area (Å²) in [6, 6.07) is 12.4. The Bertz CT molecular complexity index is 2980. The minimum absolute atomic E-state index is 0.0737. The van der Waals surface area contributed by atoms with Crippen molar-refractivity contribution in [1.29, 1.82) is 0 Å². The minimum atomic E-state index is -1.56. The maximum Gasteiger partial charge on any atom is 0.415 e. The first kappa shape index (κ1) is 65.0. The predicted octanol–water partition coefficient (Wildman–Crippen LogP) is 4.20. The maximum absolute atomic E-state index is 13.4. The summed E-state index contributed by atoms with van der Waals surface area (Å²) in [6.45, 7) is 12.9. The molecule has 3 aliphatic rings. The molecule has 0 saturated carbocycles. The Morgan fingerprint density at radius 1 is 0.901 bits per heavy atom. The van der Waals surface area contributed by atoms with Gasteiger partial charge in [0.05, 0.1) is 35.6 Å². The van der Waals surface area contributed by atoms with Gasteiger partial charge in [0.1, 0.15) is 25.0 Å². The van der Waals surface area contributed by atoms with Crippen LogP contribution in [0.3, 0.4) is 0 Å². The number of aromatic nitrogens is 2. The van der Waals surface area contributed by atoms with E-state index in [1.54, 1.807) is 66.9 Å². The van der Waals surface area contributed by atoms with Crippen LogP contribution in [0, 0.1) is 5.92 Å². The second-order valence-electron chi connectivity index (χ2n) is 19.0. The number of carbonyl (C=O) groups is 9. The van der Waals surface area contributed by atoms with Gasteiger partial charge in [-0.2, -0.15) is 0 Å². The molecular formula is C57H76N10O14. The number of ether oxygens (including phenoxy) is 3. The van der Waals surface area contributed by atoms with Crippen LogP contribution in [0.2, 0.25) is 0 Å². The number of fused-ring (bicyclic) bond motifs is 5. The van der Waals surface area contributed by atoms with E-state index in [0.717, 1.165) is 28.0 Å². The number of aliphatic hydroxyl groups is 1. The van der Waals surface area contributed by atoms with E-state index in [4.69, 9.17) is 24.0 Å². The number of nitrogens with two attached hydrogens (primary N) is 1. The molecule has 3 aliphatic heterocycles. The van der Waals surface area contributed by atoms with E-state index in [1.165, 1.54) is 42.5 Å². The van der Waals surface area contributed by atoms with E-state index >= 15 is 0 Å². The zero-order valence-electron chi connectivity index (χ0n) is 47.6. The van der Waals surface area contributed by atoms with Crippen LogP contribution in [-0.2, 0) is 69.2 Å². The molecule has 0 fully saturated rings. The molecule has 0 saturated heterocycles. The first-order valence-corrected chi connectivity index (χ1v) is 26.9. The maximum atomic E-state index is 13.4. The SMILES string of the molecule is CC.CCCNC.CCc1c2c(nc3ccc(OC(=O)N(C)CCN(C)C(=O)OCc4ccc(NC(=O)CNC(=O)C(NC(=O)CCCCCN5C(=O)C=CC5=O)C(C)C)cc4)cc13)-c1cc3c(c(=O)n1C2)COC(=O)C3O.NC=O. The van der Waals surface area contributed by atoms with E-state index in [-0.39, 0.29) is 105 Å². The number of anilines is 1. The number of nitrogens with zero attached hydrogens (tertiary/aromatic N) is 5. The number of hydrogen-bond donors (Lipinski definition) is 6. The monoisotopic (exact) mass is 1120 g/mol. The molecule has 0 aliphatic carbocycles. The third-order valence-corrected chi connectivity index (χ3v) is 13.0. The van der Waals surface area contributed by atoms with Gasteiger partial charge in [-0.15, -0.1) is 0 Å². The minimum Gasteiger partial charge on any atom is -0.458 e. The molecule has 7 N–H and O–H groups in total. The van der Waals surface area contributed by atoms with Gasteiger partial charge in [-0.25, -0.2) is 19.4 Å². The van der Waals surface area contributed by atoms with Crippen molar-refractivity contribution >= 4 is 70.7 Å². The Balaban J connectivity index is 0.00000131. The topological polar surface area (TPSA) is 320 Å². The van der Waals surface area contributed by atoms with E-state index < -0.39 is 42.1 Å². The van der Waals surface area contributed by atoms with Gasteiger partial charge in [0, 0.05) is 74.5 Å². The number of benzene rings is 2. The van der Waals surface area contributed by atoms with Gasteiger partial charge in [0.25, 0.3) is 17.4 Å². The molecule has 5 heterocycles. The molecule has 24 heteroatoms. The molecule has 2 atom stereocenters. The Kier molecular flexibility index (Phi) is 25.6. The highest BCUT2D eigenvalue weighted by atomic mass is 16.6. The Morgan fingerprint density at radius 3 is 2.16 bits per heavy atom. The number of esters is 1. The van der Waals surface area contributed by atoms with Crippen LogP contribution in [0.15, 0.2) is 65.5 Å². The first-order chi connectivity index (χ1) is 38.8. The molecule has 7 rings (SSSR count). The molecule has 2 unspecified atom stereocenters. The molecule has 438 valence electrons. The van der Waals surface area contributed by atoms with Crippen LogP contribution >= 0.6 is 0 Å². The molecule has 81 heavy (non-hydrogen) atoms. The molecule has 2 aromatic carbocycles. The lowest BCUT2D eigenvalue weighted by Gasteiger charge is -2.22. The number of carbonyl (C=O) groups excluding carboxylic acids is 9. The Morgan fingerprint density at radius 2 is 1.56 bits per heavy atom. The van der Waals surface area contributed by atoms with Crippen LogP contribution < -0.4 is 37.3 Å². The summed E-state index contributed by atoms with van der Waals surface area (Å²) in [5, 5.41) is 22.2. The molecule has 0 bridgehead atoms. The summed E-state index contributed by atoms with van der Waals surface area (Å²) in [6.07, 6.45) is 3.47. The number of likely N-dealkylation sites (N-methyl/N-ethyl adjacent to an activating group) is 2. The number of hydrogen-bond acceptors (Lipinski definition) is 16. The lowest BCUT2D eigenvalue weighted by Crippen LogP contribution is -2.51. The summed E-state index contributed by atoms with van der Waals surface area (Å²) in [4.78, 5) is 130. The van der Waals surface area contributed by atoms with Crippen LogP contribution in [0.5, 0.6) is 5.75 Å². The normalized spacial score (nSPS) is 13.8. The molecule has 24 nitrogen and oxygen atoms in total. The molecule has 8 amide bonds. The number of amides is 8. The van der Waals surface area contributed by atoms with Crippen LogP contribution in [0.4, 0.5) is 15.3 Å². The van der Waals surface area contributed by atoms with Crippen molar-refractivity contribution in [2.75, 3.05) is 59.2 Å². The number of nitrogens with one attached hydrogen (secondary N) is 4. The summed E-state index contributed by atoms with van der Waals surface area (Å²) in [5.74, 6) is -2.84. The highest BCUT2D eigenvalue weighted by Crippen LogP contribution is 2.39. The second-order valence-corrected chi connectivity index (χ2v) is 19.0. The van der Waals surface area contributed by atoms with Gasteiger partial charge >= 0.3 is 18.2 Å². The smallest absolute Gasteiger partial charge is 0.415 e. The van der Waals surface area contributed by atoms with Crippen molar-refractivity contribution < 1.29 is 62.5 Å². The number of imide groups is 1. The van der Waals surface area contributed by atoms with Gasteiger partial charge in [-0.3, -0.25) is 38.5 Å². The number of primary amides is 1. The highest BCUT2D eigenvalue weighted by molar-refractivity contribution is 6.12. The van der Waals surface area contributed by atoms with E-state index in [0.29, 0.717) is 53.8 Å². The largest absolute Gasteiger partial charge is 0.458 e. The number of aliphatic hydroxyl groups excluding tert-OH is 1. The van der Waals surface area contributed by atoms with Crippen molar-refractivity contribution in [3.8, 4) is 17.1 Å². The summed E-state index contributed by atoms with van der Waals surface area (Å²) >= 11 is 0. The van der Waals surface area contributed by atoms with Crippen LogP contribution in [0.25, 0.3) is 22.3 Å². The standard InChI is InChI=1S/C50H56N8O13.C4H11N.C2H6.CH3NO/c1-6-32-33-22-31(15-16-37(33)53-44-35(32)25-58-38(44)23-34-36(47(58)65)27-69-48(66)45(34)63)71-50(68)56(5)21-20-55(4)49(67)70-26-29-11-13-30(14-12-29)52-40(60)24-51-46(64)43(28(2)3)54-39(59)10-8-7-9-19-57-41(61)17-18-42(57)62;1-3-4-5-2;1-2;2-1-3/h11-18,22-23,28,43,45,63H,6-10,19-21,24-27H2,1-5H3,(H,51,64)(H,52,60)(H,54,59);5H,3-4H2,1-2H3;1-2H3;1H,(H2,2,3). The molecule has 4 aromatic rings. The van der Waals surface area contributed by atoms with Crippen molar-refractivity contribution in [3.05, 3.63) is 98.9 Å². The molecule has 0 radical (unpaired) electrons. The number of aryl methyl sites for hydroxylation is 1. The van der Waals surface area contributed by atoms with E-state index in [1.807, 2.05) is 27.8 Å². The summed E-state index contributed by atoms with van der Waals surface area (Å²) in [5.41, 5.74) is 8.71. The number of cyclic esters (lactones) is 1. The fourth-order valence-corrected chi connectivity index (χ4v) is 8.65. The van der Waals surface area contributed by atoms with E-state index in [9.17, 15) is 48.3 Å². The van der Waals surface area contributed by atoms with Crippen molar-refractivity contribution in [3.63, 3.8) is 0 Å². The molecular weight excluding hydrogens is 1050 g/mol. The summed E-state index contributed by atoms with van der Waals surface area (Å²) < 4.78 is 17.7. The lowest BCUT2D eigenvalue weighted by atomic mass is 9.97. The second kappa shape index (κ2) is 31.9. The van der Waals surface area contributed by atoms with Crippen LogP contribution in [0.1, 0.15) is 108 Å². The molecule has 0 spiro atoms. The van der Waals surface area contributed by atoms with Crippen molar-refractivity contribution in [1.82, 2.24) is 40.2 Å². The Hall–Kier alpha value is -8.51. The van der Waals surface area contributed by atoms with Crippen molar-refractivity contribution in [2.45, 2.75) is 112 Å².